The molecule has 0 atom stereocenters. The van der Waals surface area contributed by atoms with Crippen LogP contribution in [0.3, 0.4) is 0 Å². The van der Waals surface area contributed by atoms with Gasteiger partial charge in [-0.2, -0.15) is 0 Å². The number of hydrogen-bond donors (Lipinski definition) is 1. The van der Waals surface area contributed by atoms with Crippen molar-refractivity contribution >= 4 is 11.8 Å². The largest absolute Gasteiger partial charge is 0.355 e. The Bertz CT molecular complexity index is 507. The molecular formula is C17H23N. The molecule has 1 aliphatic heterocycles. The fourth-order valence-corrected chi connectivity index (χ4v) is 2.58. The first-order valence-electron chi connectivity index (χ1n) is 6.97. The molecule has 0 saturated heterocycles. The quantitative estimate of drug-likeness (QED) is 0.779. The second-order valence-corrected chi connectivity index (χ2v) is 4.97. The molecule has 2 rings (SSSR count). The SMILES string of the molecule is C/C=C1/Nc2cc(C)c(CCC)cc2C=C1CC. The Morgan fingerprint density at radius 3 is 2.61 bits per heavy atom. The predicted octanol–water partition coefficient (Wildman–Crippen LogP) is 5.07. The molecule has 0 bridgehead atoms. The van der Waals surface area contributed by atoms with E-state index in [1.807, 2.05) is 0 Å². The van der Waals surface area contributed by atoms with Crippen LogP contribution in [0.25, 0.3) is 6.08 Å². The summed E-state index contributed by atoms with van der Waals surface area (Å²) in [6.45, 7) is 8.75. The van der Waals surface area contributed by atoms with E-state index in [0.717, 1.165) is 6.42 Å². The minimum Gasteiger partial charge on any atom is -0.355 e. The third-order valence-corrected chi connectivity index (χ3v) is 3.64. The van der Waals surface area contributed by atoms with Crippen molar-refractivity contribution in [3.63, 3.8) is 0 Å². The van der Waals surface area contributed by atoms with E-state index in [2.05, 4.69) is 57.3 Å². The van der Waals surface area contributed by atoms with Crippen LogP contribution in [0.15, 0.2) is 29.5 Å². The number of anilines is 1. The summed E-state index contributed by atoms with van der Waals surface area (Å²) in [5, 5.41) is 3.55. The monoisotopic (exact) mass is 241 g/mol. The van der Waals surface area contributed by atoms with Crippen molar-refractivity contribution in [1.29, 1.82) is 0 Å². The molecule has 1 aliphatic rings. The van der Waals surface area contributed by atoms with Gasteiger partial charge in [0.05, 0.1) is 0 Å². The number of benzene rings is 1. The van der Waals surface area contributed by atoms with E-state index in [1.165, 1.54) is 46.5 Å². The summed E-state index contributed by atoms with van der Waals surface area (Å²) in [7, 11) is 0. The molecule has 0 fully saturated rings. The summed E-state index contributed by atoms with van der Waals surface area (Å²) in [5.74, 6) is 0. The van der Waals surface area contributed by atoms with Gasteiger partial charge in [0.1, 0.15) is 0 Å². The minimum absolute atomic E-state index is 1.07. The van der Waals surface area contributed by atoms with E-state index >= 15 is 0 Å². The normalized spacial score (nSPS) is 16.2. The van der Waals surface area contributed by atoms with Gasteiger partial charge in [-0.15, -0.1) is 0 Å². The predicted molar refractivity (Wildman–Crippen MR) is 80.8 cm³/mol. The molecular weight excluding hydrogens is 218 g/mol. The number of hydrogen-bond acceptors (Lipinski definition) is 1. The Hall–Kier alpha value is -1.50. The lowest BCUT2D eigenvalue weighted by atomic mass is 9.94. The zero-order valence-corrected chi connectivity index (χ0v) is 11.9. The highest BCUT2D eigenvalue weighted by molar-refractivity contribution is 5.78. The molecule has 1 heteroatoms. The molecule has 1 nitrogen and oxygen atoms in total. The van der Waals surface area contributed by atoms with E-state index in [-0.39, 0.29) is 0 Å². The second-order valence-electron chi connectivity index (χ2n) is 4.97. The van der Waals surface area contributed by atoms with Crippen molar-refractivity contribution in [2.75, 3.05) is 5.32 Å². The summed E-state index contributed by atoms with van der Waals surface area (Å²) < 4.78 is 0. The van der Waals surface area contributed by atoms with Crippen molar-refractivity contribution in [3.05, 3.63) is 46.2 Å². The smallest absolute Gasteiger partial charge is 0.0460 e. The molecule has 18 heavy (non-hydrogen) atoms. The van der Waals surface area contributed by atoms with Crippen LogP contribution in [0.4, 0.5) is 5.69 Å². The Morgan fingerprint density at radius 1 is 1.22 bits per heavy atom. The molecule has 0 amide bonds. The van der Waals surface area contributed by atoms with E-state index in [4.69, 9.17) is 0 Å². The van der Waals surface area contributed by atoms with Crippen molar-refractivity contribution in [2.45, 2.75) is 47.0 Å². The number of fused-ring (bicyclic) bond motifs is 1. The van der Waals surface area contributed by atoms with Crippen LogP contribution in [-0.2, 0) is 6.42 Å². The van der Waals surface area contributed by atoms with Crippen LogP contribution in [0, 0.1) is 6.92 Å². The van der Waals surface area contributed by atoms with Crippen molar-refractivity contribution < 1.29 is 0 Å². The zero-order valence-electron chi connectivity index (χ0n) is 11.9. The number of nitrogens with one attached hydrogen (secondary N) is 1. The fourth-order valence-electron chi connectivity index (χ4n) is 2.58. The molecule has 0 spiro atoms. The maximum atomic E-state index is 3.55. The molecule has 0 radical (unpaired) electrons. The van der Waals surface area contributed by atoms with E-state index in [9.17, 15) is 0 Å². The first-order valence-corrected chi connectivity index (χ1v) is 6.97. The van der Waals surface area contributed by atoms with Crippen LogP contribution in [0.2, 0.25) is 0 Å². The maximum Gasteiger partial charge on any atom is 0.0460 e. The highest BCUT2D eigenvalue weighted by Crippen LogP contribution is 2.33. The highest BCUT2D eigenvalue weighted by atomic mass is 14.9. The van der Waals surface area contributed by atoms with Gasteiger partial charge in [-0.25, -0.2) is 0 Å². The lowest BCUT2D eigenvalue weighted by molar-refractivity contribution is 0.912. The summed E-state index contributed by atoms with van der Waals surface area (Å²) in [4.78, 5) is 0. The Morgan fingerprint density at radius 2 is 2.00 bits per heavy atom. The van der Waals surface area contributed by atoms with Gasteiger partial charge < -0.3 is 5.32 Å². The summed E-state index contributed by atoms with van der Waals surface area (Å²) in [5.41, 5.74) is 8.12. The van der Waals surface area contributed by atoms with Crippen molar-refractivity contribution in [3.8, 4) is 0 Å². The van der Waals surface area contributed by atoms with Crippen molar-refractivity contribution in [2.24, 2.45) is 0 Å². The summed E-state index contributed by atoms with van der Waals surface area (Å²) in [6.07, 6.45) is 7.94. The first kappa shape index (κ1) is 12.9. The van der Waals surface area contributed by atoms with E-state index < -0.39 is 0 Å². The van der Waals surface area contributed by atoms with E-state index in [1.54, 1.807) is 0 Å². The fraction of sp³-hybridized carbons (Fsp3) is 0.412. The van der Waals surface area contributed by atoms with Crippen LogP contribution >= 0.6 is 0 Å². The molecule has 0 aromatic heterocycles. The van der Waals surface area contributed by atoms with Gasteiger partial charge in [-0.3, -0.25) is 0 Å². The van der Waals surface area contributed by atoms with Crippen LogP contribution < -0.4 is 5.32 Å². The molecule has 1 N–H and O–H groups in total. The maximum absolute atomic E-state index is 3.55. The van der Waals surface area contributed by atoms with Crippen molar-refractivity contribution in [1.82, 2.24) is 0 Å². The average Bonchev–Trinajstić information content (AvgIpc) is 2.38. The molecule has 0 saturated carbocycles. The minimum atomic E-state index is 1.07. The molecule has 0 unspecified atom stereocenters. The summed E-state index contributed by atoms with van der Waals surface area (Å²) in [6, 6.07) is 4.63. The topological polar surface area (TPSA) is 12.0 Å². The van der Waals surface area contributed by atoms with Gasteiger partial charge in [0, 0.05) is 11.4 Å². The Kier molecular flexibility index (Phi) is 3.90. The molecule has 1 aromatic carbocycles. The standard InChI is InChI=1S/C17H23N/c1-5-8-14-11-15-10-13(6-2)16(7-3)18-17(15)9-12(14)4/h7,9-11,18H,5-6,8H2,1-4H3/b16-7+. The van der Waals surface area contributed by atoms with Gasteiger partial charge in [-0.05, 0) is 67.2 Å². The van der Waals surface area contributed by atoms with Crippen LogP contribution in [0.1, 0.15) is 50.3 Å². The summed E-state index contributed by atoms with van der Waals surface area (Å²) >= 11 is 0. The number of allylic oxidation sites excluding steroid dienone is 2. The van der Waals surface area contributed by atoms with Gasteiger partial charge in [0.25, 0.3) is 0 Å². The third-order valence-electron chi connectivity index (χ3n) is 3.64. The Labute approximate surface area is 111 Å². The molecule has 0 aliphatic carbocycles. The van der Waals surface area contributed by atoms with Gasteiger partial charge in [0.15, 0.2) is 0 Å². The van der Waals surface area contributed by atoms with E-state index in [0.29, 0.717) is 0 Å². The van der Waals surface area contributed by atoms with Gasteiger partial charge in [-0.1, -0.05) is 26.3 Å². The molecule has 1 aromatic rings. The highest BCUT2D eigenvalue weighted by Gasteiger charge is 2.14. The first-order chi connectivity index (χ1) is 8.69. The third kappa shape index (κ3) is 2.35. The lowest BCUT2D eigenvalue weighted by Crippen LogP contribution is -2.09. The number of aryl methyl sites for hydroxylation is 2. The molecule has 96 valence electrons. The Balaban J connectivity index is 2.48. The second kappa shape index (κ2) is 5.43. The van der Waals surface area contributed by atoms with Gasteiger partial charge >= 0.3 is 0 Å². The number of rotatable bonds is 3. The average molecular weight is 241 g/mol. The molecule has 1 heterocycles. The van der Waals surface area contributed by atoms with Crippen LogP contribution in [0.5, 0.6) is 0 Å². The zero-order chi connectivity index (χ0) is 13.1. The van der Waals surface area contributed by atoms with Crippen LogP contribution in [-0.4, -0.2) is 0 Å². The lowest BCUT2D eigenvalue weighted by Gasteiger charge is -2.23. The van der Waals surface area contributed by atoms with Gasteiger partial charge in [0.2, 0.25) is 0 Å².